The fraction of sp³-hybridized carbons (Fsp3) is 0.588. The summed E-state index contributed by atoms with van der Waals surface area (Å²) in [4.78, 5) is 12.6. The fourth-order valence-corrected chi connectivity index (χ4v) is 3.35. The Morgan fingerprint density at radius 1 is 1.36 bits per heavy atom. The smallest absolute Gasteiger partial charge is 0.227 e. The van der Waals surface area contributed by atoms with E-state index in [1.54, 1.807) is 18.2 Å². The quantitative estimate of drug-likeness (QED) is 0.899. The third kappa shape index (κ3) is 2.96. The lowest BCUT2D eigenvalue weighted by Gasteiger charge is -2.40. The van der Waals surface area contributed by atoms with Crippen LogP contribution >= 0.6 is 0 Å². The van der Waals surface area contributed by atoms with E-state index in [2.05, 4.69) is 5.32 Å². The van der Waals surface area contributed by atoms with Crippen LogP contribution in [0.2, 0.25) is 0 Å². The number of hydrogen-bond acceptors (Lipinski definition) is 4. The van der Waals surface area contributed by atoms with Crippen molar-refractivity contribution in [2.45, 2.75) is 50.4 Å². The topological polar surface area (TPSA) is 67.8 Å². The Morgan fingerprint density at radius 2 is 2.14 bits per heavy atom. The highest BCUT2D eigenvalue weighted by molar-refractivity contribution is 5.83. The molecule has 2 N–H and O–H groups in total. The van der Waals surface area contributed by atoms with Crippen molar-refractivity contribution in [3.8, 4) is 5.75 Å². The SMILES string of the molecule is CC(C(=O)NC1CCCCC12OCCO2)c1cccc(O)c1. The largest absolute Gasteiger partial charge is 0.508 e. The van der Waals surface area contributed by atoms with Gasteiger partial charge in [-0.25, -0.2) is 0 Å². The number of carbonyl (C=O) groups excluding carboxylic acids is 1. The first kappa shape index (κ1) is 15.3. The Bertz CT molecular complexity index is 539. The third-order valence-corrected chi connectivity index (χ3v) is 4.66. The van der Waals surface area contributed by atoms with Gasteiger partial charge in [-0.3, -0.25) is 4.79 Å². The maximum atomic E-state index is 12.6. The maximum Gasteiger partial charge on any atom is 0.227 e. The van der Waals surface area contributed by atoms with E-state index < -0.39 is 5.79 Å². The first-order chi connectivity index (χ1) is 10.6. The van der Waals surface area contributed by atoms with Crippen molar-refractivity contribution in [3.05, 3.63) is 29.8 Å². The molecule has 0 bridgehead atoms. The lowest BCUT2D eigenvalue weighted by molar-refractivity contribution is -0.196. The second-order valence-electron chi connectivity index (χ2n) is 6.13. The molecule has 120 valence electrons. The summed E-state index contributed by atoms with van der Waals surface area (Å²) in [6.07, 6.45) is 3.84. The molecule has 2 atom stereocenters. The molecule has 1 saturated heterocycles. The number of carbonyl (C=O) groups is 1. The van der Waals surface area contributed by atoms with Gasteiger partial charge in [0.25, 0.3) is 0 Å². The van der Waals surface area contributed by atoms with E-state index in [0.29, 0.717) is 13.2 Å². The number of hydrogen-bond donors (Lipinski definition) is 2. The molecule has 0 aromatic heterocycles. The van der Waals surface area contributed by atoms with Gasteiger partial charge in [-0.15, -0.1) is 0 Å². The molecular weight excluding hydrogens is 282 g/mol. The summed E-state index contributed by atoms with van der Waals surface area (Å²) >= 11 is 0. The van der Waals surface area contributed by atoms with E-state index in [9.17, 15) is 9.90 Å². The average Bonchev–Trinajstić information content (AvgIpc) is 2.98. The highest BCUT2D eigenvalue weighted by Gasteiger charge is 2.46. The summed E-state index contributed by atoms with van der Waals surface area (Å²) in [5, 5.41) is 12.7. The molecule has 1 heterocycles. The first-order valence-electron chi connectivity index (χ1n) is 7.98. The number of rotatable bonds is 3. The number of phenols is 1. The molecule has 1 aromatic rings. The molecule has 1 spiro atoms. The molecule has 1 aromatic carbocycles. The zero-order chi connectivity index (χ0) is 15.6. The molecule has 5 heteroatoms. The van der Waals surface area contributed by atoms with Crippen molar-refractivity contribution in [3.63, 3.8) is 0 Å². The van der Waals surface area contributed by atoms with E-state index in [0.717, 1.165) is 31.2 Å². The van der Waals surface area contributed by atoms with Crippen LogP contribution in [0, 0.1) is 0 Å². The number of aromatic hydroxyl groups is 1. The lowest BCUT2D eigenvalue weighted by Crippen LogP contribution is -2.55. The van der Waals surface area contributed by atoms with Crippen molar-refractivity contribution in [1.82, 2.24) is 5.32 Å². The normalized spacial score (nSPS) is 25.0. The van der Waals surface area contributed by atoms with Crippen LogP contribution in [0.5, 0.6) is 5.75 Å². The fourth-order valence-electron chi connectivity index (χ4n) is 3.35. The molecule has 5 nitrogen and oxygen atoms in total. The van der Waals surface area contributed by atoms with Crippen molar-refractivity contribution in [2.24, 2.45) is 0 Å². The molecule has 1 aliphatic heterocycles. The summed E-state index contributed by atoms with van der Waals surface area (Å²) in [6.45, 7) is 3.03. The molecule has 1 saturated carbocycles. The molecule has 2 aliphatic rings. The second-order valence-corrected chi connectivity index (χ2v) is 6.13. The highest BCUT2D eigenvalue weighted by Crippen LogP contribution is 2.36. The maximum absolute atomic E-state index is 12.6. The van der Waals surface area contributed by atoms with E-state index in [4.69, 9.17) is 9.47 Å². The van der Waals surface area contributed by atoms with Crippen LogP contribution in [0.15, 0.2) is 24.3 Å². The van der Waals surface area contributed by atoms with Crippen LogP contribution in [0.1, 0.15) is 44.1 Å². The van der Waals surface area contributed by atoms with Gasteiger partial charge in [0.1, 0.15) is 5.75 Å². The molecule has 2 fully saturated rings. The van der Waals surface area contributed by atoms with Gasteiger partial charge in [0.2, 0.25) is 5.91 Å². The van der Waals surface area contributed by atoms with E-state index in [-0.39, 0.29) is 23.6 Å². The van der Waals surface area contributed by atoms with E-state index >= 15 is 0 Å². The van der Waals surface area contributed by atoms with E-state index in [1.807, 2.05) is 13.0 Å². The summed E-state index contributed by atoms with van der Waals surface area (Å²) in [7, 11) is 0. The highest BCUT2D eigenvalue weighted by atomic mass is 16.7. The molecule has 0 radical (unpaired) electrons. The molecule has 2 unspecified atom stereocenters. The Morgan fingerprint density at radius 3 is 2.86 bits per heavy atom. The molecule has 22 heavy (non-hydrogen) atoms. The van der Waals surface area contributed by atoms with Crippen LogP contribution in [0.25, 0.3) is 0 Å². The van der Waals surface area contributed by atoms with Crippen LogP contribution in [0.3, 0.4) is 0 Å². The minimum absolute atomic E-state index is 0.0593. The minimum atomic E-state index is -0.632. The summed E-state index contributed by atoms with van der Waals surface area (Å²) in [5.74, 6) is -0.843. The predicted octanol–water partition coefficient (Wildman–Crippen LogP) is 2.30. The summed E-state index contributed by atoms with van der Waals surface area (Å²) in [5.41, 5.74) is 0.801. The zero-order valence-corrected chi connectivity index (χ0v) is 12.9. The van der Waals surface area contributed by atoms with Crippen LogP contribution in [-0.4, -0.2) is 36.1 Å². The Kier molecular flexibility index (Phi) is 4.36. The molecular formula is C17H23NO4. The number of amides is 1. The van der Waals surface area contributed by atoms with Crippen LogP contribution < -0.4 is 5.32 Å². The Labute approximate surface area is 130 Å². The van der Waals surface area contributed by atoms with Gasteiger partial charge < -0.3 is 19.9 Å². The van der Waals surface area contributed by atoms with E-state index in [1.165, 1.54) is 0 Å². The predicted molar refractivity (Wildman–Crippen MR) is 81.6 cm³/mol. The summed E-state index contributed by atoms with van der Waals surface area (Å²) in [6, 6.07) is 6.73. The van der Waals surface area contributed by atoms with Gasteiger partial charge in [0.05, 0.1) is 25.2 Å². The number of nitrogens with one attached hydrogen (secondary N) is 1. The Hall–Kier alpha value is -1.59. The van der Waals surface area contributed by atoms with Crippen molar-refractivity contribution in [2.75, 3.05) is 13.2 Å². The number of ether oxygens (including phenoxy) is 2. The van der Waals surface area contributed by atoms with Gasteiger partial charge >= 0.3 is 0 Å². The van der Waals surface area contributed by atoms with Gasteiger partial charge in [-0.1, -0.05) is 18.6 Å². The molecule has 3 rings (SSSR count). The van der Waals surface area contributed by atoms with Crippen molar-refractivity contribution < 1.29 is 19.4 Å². The summed E-state index contributed by atoms with van der Waals surface area (Å²) < 4.78 is 11.6. The third-order valence-electron chi connectivity index (χ3n) is 4.66. The number of benzene rings is 1. The van der Waals surface area contributed by atoms with Gasteiger partial charge in [0, 0.05) is 6.42 Å². The monoisotopic (exact) mass is 305 g/mol. The molecule has 1 aliphatic carbocycles. The minimum Gasteiger partial charge on any atom is -0.508 e. The second kappa shape index (κ2) is 6.26. The van der Waals surface area contributed by atoms with Crippen LogP contribution in [-0.2, 0) is 14.3 Å². The number of phenolic OH excluding ortho intramolecular Hbond substituents is 1. The van der Waals surface area contributed by atoms with Crippen molar-refractivity contribution in [1.29, 1.82) is 0 Å². The first-order valence-corrected chi connectivity index (χ1v) is 7.98. The van der Waals surface area contributed by atoms with Gasteiger partial charge in [0.15, 0.2) is 5.79 Å². The lowest BCUT2D eigenvalue weighted by atomic mass is 9.88. The van der Waals surface area contributed by atoms with Gasteiger partial charge in [-0.2, -0.15) is 0 Å². The Balaban J connectivity index is 1.70. The van der Waals surface area contributed by atoms with Gasteiger partial charge in [-0.05, 0) is 37.5 Å². The standard InChI is InChI=1S/C17H23NO4/c1-12(13-5-4-6-14(19)11-13)16(20)18-15-7-2-3-8-17(15)21-9-10-22-17/h4-6,11-12,15,19H,2-3,7-10H2,1H3,(H,18,20). The molecule has 1 amide bonds. The zero-order valence-electron chi connectivity index (χ0n) is 12.9. The van der Waals surface area contributed by atoms with Crippen LogP contribution in [0.4, 0.5) is 0 Å². The average molecular weight is 305 g/mol. The van der Waals surface area contributed by atoms with Crippen molar-refractivity contribution >= 4 is 5.91 Å².